The van der Waals surface area contributed by atoms with Crippen LogP contribution in [0.5, 0.6) is 0 Å². The maximum absolute atomic E-state index is 5.95. The molecule has 0 saturated carbocycles. The number of thiol groups is 1. The molecular formula is C8H17NOS. The summed E-state index contributed by atoms with van der Waals surface area (Å²) in [5.41, 5.74) is 5.95. The third-order valence-electron chi connectivity index (χ3n) is 2.33. The highest BCUT2D eigenvalue weighted by molar-refractivity contribution is 7.80. The fourth-order valence-corrected chi connectivity index (χ4v) is 1.83. The molecule has 0 aliphatic carbocycles. The van der Waals surface area contributed by atoms with Crippen LogP contribution >= 0.6 is 12.6 Å². The molecule has 0 aromatic carbocycles. The fourth-order valence-electron chi connectivity index (χ4n) is 1.53. The molecular weight excluding hydrogens is 158 g/mol. The summed E-state index contributed by atoms with van der Waals surface area (Å²) in [6, 6.07) is 0.344. The van der Waals surface area contributed by atoms with E-state index in [0.717, 1.165) is 38.2 Å². The highest BCUT2D eigenvalue weighted by Gasteiger charge is 2.19. The van der Waals surface area contributed by atoms with Gasteiger partial charge < -0.3 is 10.5 Å². The van der Waals surface area contributed by atoms with E-state index < -0.39 is 0 Å². The van der Waals surface area contributed by atoms with Crippen molar-refractivity contribution in [1.82, 2.24) is 0 Å². The molecule has 1 heterocycles. The molecule has 0 spiro atoms. The molecule has 11 heavy (non-hydrogen) atoms. The summed E-state index contributed by atoms with van der Waals surface area (Å²) >= 11 is 4.17. The molecule has 0 bridgehead atoms. The Morgan fingerprint density at radius 3 is 2.64 bits per heavy atom. The Morgan fingerprint density at radius 1 is 1.45 bits per heavy atom. The molecule has 0 radical (unpaired) electrons. The van der Waals surface area contributed by atoms with Crippen LogP contribution in [0, 0.1) is 5.92 Å². The predicted octanol–water partition coefficient (Wildman–Crippen LogP) is 1.06. The van der Waals surface area contributed by atoms with Crippen LogP contribution in [-0.4, -0.2) is 25.0 Å². The molecule has 3 heteroatoms. The van der Waals surface area contributed by atoms with Crippen LogP contribution in [-0.2, 0) is 4.74 Å². The lowest BCUT2D eigenvalue weighted by Crippen LogP contribution is -2.34. The zero-order chi connectivity index (χ0) is 8.10. The molecule has 1 saturated heterocycles. The highest BCUT2D eigenvalue weighted by atomic mass is 32.1. The van der Waals surface area contributed by atoms with Gasteiger partial charge >= 0.3 is 0 Å². The minimum Gasteiger partial charge on any atom is -0.381 e. The second-order valence-corrected chi connectivity index (χ2v) is 3.57. The average molecular weight is 175 g/mol. The van der Waals surface area contributed by atoms with Crippen molar-refractivity contribution in [3.8, 4) is 0 Å². The average Bonchev–Trinajstić information content (AvgIpc) is 2.07. The SMILES string of the molecule is NC(CCS)C1CCOCC1. The Morgan fingerprint density at radius 2 is 2.09 bits per heavy atom. The van der Waals surface area contributed by atoms with Crippen molar-refractivity contribution >= 4 is 12.6 Å². The monoisotopic (exact) mass is 175 g/mol. The molecule has 0 aromatic rings. The standard InChI is InChI=1S/C8H17NOS/c9-8(3-6-11)7-1-4-10-5-2-7/h7-8,11H,1-6,9H2. The van der Waals surface area contributed by atoms with E-state index >= 15 is 0 Å². The Balaban J connectivity index is 2.21. The lowest BCUT2D eigenvalue weighted by Gasteiger charge is -2.27. The minimum absolute atomic E-state index is 0.344. The molecule has 1 fully saturated rings. The van der Waals surface area contributed by atoms with E-state index in [1.54, 1.807) is 0 Å². The van der Waals surface area contributed by atoms with Crippen LogP contribution in [0.3, 0.4) is 0 Å². The van der Waals surface area contributed by atoms with Crippen molar-refractivity contribution in [1.29, 1.82) is 0 Å². The summed E-state index contributed by atoms with van der Waals surface area (Å²) in [5, 5.41) is 0. The summed E-state index contributed by atoms with van der Waals surface area (Å²) in [4.78, 5) is 0. The van der Waals surface area contributed by atoms with Gasteiger partial charge in [0.25, 0.3) is 0 Å². The molecule has 1 aliphatic heterocycles. The Labute approximate surface area is 73.9 Å². The number of ether oxygens (including phenoxy) is 1. The van der Waals surface area contributed by atoms with E-state index in [4.69, 9.17) is 10.5 Å². The summed E-state index contributed by atoms with van der Waals surface area (Å²) in [6.07, 6.45) is 3.30. The summed E-state index contributed by atoms with van der Waals surface area (Å²) in [5.74, 6) is 1.58. The molecule has 1 unspecified atom stereocenters. The maximum atomic E-state index is 5.95. The van der Waals surface area contributed by atoms with Crippen LogP contribution in [0.15, 0.2) is 0 Å². The van der Waals surface area contributed by atoms with E-state index in [1.165, 1.54) is 0 Å². The maximum Gasteiger partial charge on any atom is 0.0469 e. The van der Waals surface area contributed by atoms with Crippen molar-refractivity contribution in [2.75, 3.05) is 19.0 Å². The number of hydrogen-bond acceptors (Lipinski definition) is 3. The second kappa shape index (κ2) is 5.01. The van der Waals surface area contributed by atoms with Gasteiger partial charge in [0.1, 0.15) is 0 Å². The molecule has 0 aromatic heterocycles. The largest absolute Gasteiger partial charge is 0.381 e. The van der Waals surface area contributed by atoms with Crippen LogP contribution in [0.1, 0.15) is 19.3 Å². The zero-order valence-electron chi connectivity index (χ0n) is 6.83. The third kappa shape index (κ3) is 3.01. The van der Waals surface area contributed by atoms with Gasteiger partial charge in [0.2, 0.25) is 0 Å². The normalized spacial score (nSPS) is 23.5. The van der Waals surface area contributed by atoms with E-state index in [1.807, 2.05) is 0 Å². The quantitative estimate of drug-likeness (QED) is 0.629. The summed E-state index contributed by atoms with van der Waals surface area (Å²) in [7, 11) is 0. The van der Waals surface area contributed by atoms with Gasteiger partial charge in [-0.1, -0.05) is 0 Å². The lowest BCUT2D eigenvalue weighted by atomic mass is 9.91. The Hall–Kier alpha value is 0.270. The Bertz CT molecular complexity index is 104. The molecule has 2 nitrogen and oxygen atoms in total. The Kier molecular flexibility index (Phi) is 4.26. The van der Waals surface area contributed by atoms with Gasteiger partial charge in [0, 0.05) is 19.3 Å². The smallest absolute Gasteiger partial charge is 0.0469 e. The van der Waals surface area contributed by atoms with E-state index in [0.29, 0.717) is 12.0 Å². The molecule has 66 valence electrons. The van der Waals surface area contributed by atoms with Crippen molar-refractivity contribution in [2.24, 2.45) is 11.7 Å². The zero-order valence-corrected chi connectivity index (χ0v) is 7.72. The fraction of sp³-hybridized carbons (Fsp3) is 1.00. The van der Waals surface area contributed by atoms with Gasteiger partial charge in [-0.2, -0.15) is 12.6 Å². The van der Waals surface area contributed by atoms with E-state index in [9.17, 15) is 0 Å². The first-order chi connectivity index (χ1) is 5.34. The van der Waals surface area contributed by atoms with Gasteiger partial charge in [-0.25, -0.2) is 0 Å². The first-order valence-electron chi connectivity index (χ1n) is 4.28. The summed E-state index contributed by atoms with van der Waals surface area (Å²) in [6.45, 7) is 1.79. The van der Waals surface area contributed by atoms with Crippen LogP contribution in [0.2, 0.25) is 0 Å². The predicted molar refractivity (Wildman–Crippen MR) is 50.0 cm³/mol. The lowest BCUT2D eigenvalue weighted by molar-refractivity contribution is 0.0582. The molecule has 1 rings (SSSR count). The molecule has 1 atom stereocenters. The molecule has 0 amide bonds. The van der Waals surface area contributed by atoms with Gasteiger partial charge in [0.05, 0.1) is 0 Å². The van der Waals surface area contributed by atoms with E-state index in [2.05, 4.69) is 12.6 Å². The van der Waals surface area contributed by atoms with Crippen molar-refractivity contribution in [2.45, 2.75) is 25.3 Å². The van der Waals surface area contributed by atoms with E-state index in [-0.39, 0.29) is 0 Å². The molecule has 2 N–H and O–H groups in total. The summed E-state index contributed by atoms with van der Waals surface area (Å²) < 4.78 is 5.25. The first kappa shape index (κ1) is 9.36. The van der Waals surface area contributed by atoms with Crippen LogP contribution < -0.4 is 5.73 Å². The van der Waals surface area contributed by atoms with Crippen molar-refractivity contribution < 1.29 is 4.74 Å². The third-order valence-corrected chi connectivity index (χ3v) is 2.59. The molecule has 1 aliphatic rings. The second-order valence-electron chi connectivity index (χ2n) is 3.13. The van der Waals surface area contributed by atoms with Gasteiger partial charge in [-0.05, 0) is 30.9 Å². The van der Waals surface area contributed by atoms with Gasteiger partial charge in [-0.3, -0.25) is 0 Å². The highest BCUT2D eigenvalue weighted by Crippen LogP contribution is 2.19. The number of rotatable bonds is 3. The van der Waals surface area contributed by atoms with Gasteiger partial charge in [-0.15, -0.1) is 0 Å². The minimum atomic E-state index is 0.344. The van der Waals surface area contributed by atoms with Crippen LogP contribution in [0.4, 0.5) is 0 Å². The number of nitrogens with two attached hydrogens (primary N) is 1. The van der Waals surface area contributed by atoms with Crippen molar-refractivity contribution in [3.63, 3.8) is 0 Å². The topological polar surface area (TPSA) is 35.2 Å². The van der Waals surface area contributed by atoms with Crippen molar-refractivity contribution in [3.05, 3.63) is 0 Å². The number of hydrogen-bond donors (Lipinski definition) is 2. The van der Waals surface area contributed by atoms with Gasteiger partial charge in [0.15, 0.2) is 0 Å². The van der Waals surface area contributed by atoms with Crippen LogP contribution in [0.25, 0.3) is 0 Å². The first-order valence-corrected chi connectivity index (χ1v) is 4.92.